The fourth-order valence-corrected chi connectivity index (χ4v) is 6.15. The Balaban J connectivity index is 2.23. The molecular weight excluding hydrogens is 464 g/mol. The summed E-state index contributed by atoms with van der Waals surface area (Å²) in [5, 5.41) is 11.7. The monoisotopic (exact) mass is 504 g/mol. The van der Waals surface area contributed by atoms with Crippen LogP contribution in [0.25, 0.3) is 0 Å². The van der Waals surface area contributed by atoms with Crippen molar-refractivity contribution in [2.45, 2.75) is 92.5 Å². The van der Waals surface area contributed by atoms with Gasteiger partial charge in [0.05, 0.1) is 17.4 Å². The van der Waals surface area contributed by atoms with Gasteiger partial charge in [0.15, 0.2) is 0 Å². The van der Waals surface area contributed by atoms with Crippen molar-refractivity contribution in [1.29, 1.82) is 0 Å². The highest BCUT2D eigenvalue weighted by Crippen LogP contribution is 2.67. The van der Waals surface area contributed by atoms with Gasteiger partial charge in [-0.15, -0.1) is 0 Å². The number of hydrogen-bond acceptors (Lipinski definition) is 8. The molecule has 0 bridgehead atoms. The van der Waals surface area contributed by atoms with Crippen molar-refractivity contribution < 1.29 is 38.4 Å². The van der Waals surface area contributed by atoms with Gasteiger partial charge in [-0.3, -0.25) is 19.1 Å². The fraction of sp³-hybridized carbons (Fsp3) is 0.679. The van der Waals surface area contributed by atoms with Crippen LogP contribution in [0.1, 0.15) is 67.7 Å². The first-order chi connectivity index (χ1) is 16.8. The minimum Gasteiger partial charge on any atom is -0.458 e. The van der Waals surface area contributed by atoms with E-state index in [1.807, 2.05) is 6.92 Å². The van der Waals surface area contributed by atoms with Crippen LogP contribution in [0.4, 0.5) is 0 Å². The molecule has 8 atom stereocenters. The summed E-state index contributed by atoms with van der Waals surface area (Å²) in [4.78, 5) is 36.7. The second kappa shape index (κ2) is 10.5. The lowest BCUT2D eigenvalue weighted by Crippen LogP contribution is -2.63. The molecule has 0 aromatic carbocycles. The van der Waals surface area contributed by atoms with E-state index in [1.54, 1.807) is 26.0 Å². The third-order valence-electron chi connectivity index (χ3n) is 8.32. The average molecular weight is 505 g/mol. The molecule has 2 fully saturated rings. The van der Waals surface area contributed by atoms with E-state index < -0.39 is 47.6 Å². The van der Waals surface area contributed by atoms with E-state index >= 15 is 0 Å². The van der Waals surface area contributed by atoms with Crippen LogP contribution in [0.5, 0.6) is 0 Å². The van der Waals surface area contributed by atoms with Gasteiger partial charge < -0.3 is 19.3 Å². The molecule has 1 saturated heterocycles. The van der Waals surface area contributed by atoms with Crippen molar-refractivity contribution in [3.63, 3.8) is 0 Å². The molecule has 0 aromatic rings. The first-order valence-electron chi connectivity index (χ1n) is 12.7. The number of esters is 3. The quantitative estimate of drug-likeness (QED) is 0.238. The summed E-state index contributed by atoms with van der Waals surface area (Å²) in [6, 6.07) is 0. The molecule has 3 aliphatic rings. The summed E-state index contributed by atoms with van der Waals surface area (Å²) < 4.78 is 23.1. The zero-order valence-electron chi connectivity index (χ0n) is 22.4. The maximum absolute atomic E-state index is 12.6. The lowest BCUT2D eigenvalue weighted by atomic mass is 9.45. The van der Waals surface area contributed by atoms with Crippen molar-refractivity contribution in [1.82, 2.24) is 0 Å². The van der Waals surface area contributed by atoms with Crippen molar-refractivity contribution >= 4 is 17.9 Å². The molecule has 2 aliphatic carbocycles. The Morgan fingerprint density at radius 1 is 1.17 bits per heavy atom. The molecule has 0 amide bonds. The van der Waals surface area contributed by atoms with Crippen LogP contribution in [0, 0.1) is 28.6 Å². The van der Waals surface area contributed by atoms with Gasteiger partial charge in [0.1, 0.15) is 6.10 Å². The Morgan fingerprint density at radius 3 is 2.36 bits per heavy atom. The van der Waals surface area contributed by atoms with Gasteiger partial charge in [0.25, 0.3) is 0 Å². The number of aliphatic hydroxyl groups excluding tert-OH is 1. The summed E-state index contributed by atoms with van der Waals surface area (Å²) >= 11 is 0. The third kappa shape index (κ3) is 4.90. The first-order valence-corrected chi connectivity index (χ1v) is 12.7. The molecule has 1 heterocycles. The smallest absolute Gasteiger partial charge is 0.308 e. The van der Waals surface area contributed by atoms with E-state index in [1.165, 1.54) is 13.8 Å². The van der Waals surface area contributed by atoms with Gasteiger partial charge in [-0.1, -0.05) is 52.0 Å². The number of aliphatic hydroxyl groups is 1. The van der Waals surface area contributed by atoms with E-state index in [0.717, 1.165) is 5.57 Å². The molecule has 200 valence electrons. The summed E-state index contributed by atoms with van der Waals surface area (Å²) in [5.74, 6) is -2.08. The summed E-state index contributed by atoms with van der Waals surface area (Å²) in [7, 11) is 0. The SMILES string of the molecule is C=C/C(C)=C/C[C@]1(C)[C@H](C)C[C@H](O)[C@@]23C(=C[C@H](OC(=O)C(C)C)C[C@@H]12)[C@@H](OC(C)=O)O[C@H]3OC(C)=O. The van der Waals surface area contributed by atoms with Crippen molar-refractivity contribution in [2.24, 2.45) is 28.6 Å². The van der Waals surface area contributed by atoms with Gasteiger partial charge in [0.2, 0.25) is 12.6 Å². The number of rotatable bonds is 7. The predicted octanol–water partition coefficient (Wildman–Crippen LogP) is 4.22. The van der Waals surface area contributed by atoms with Gasteiger partial charge >= 0.3 is 17.9 Å². The number of ether oxygens (including phenoxy) is 4. The largest absolute Gasteiger partial charge is 0.458 e. The predicted molar refractivity (Wildman–Crippen MR) is 132 cm³/mol. The molecule has 0 aromatic heterocycles. The topological polar surface area (TPSA) is 108 Å². The maximum atomic E-state index is 12.6. The van der Waals surface area contributed by atoms with Crippen LogP contribution in [-0.2, 0) is 33.3 Å². The number of carbonyl (C=O) groups excluding carboxylic acids is 3. The van der Waals surface area contributed by atoms with Crippen molar-refractivity contribution in [3.8, 4) is 0 Å². The van der Waals surface area contributed by atoms with E-state index in [4.69, 9.17) is 18.9 Å². The van der Waals surface area contributed by atoms with Crippen molar-refractivity contribution in [2.75, 3.05) is 0 Å². The molecule has 0 unspecified atom stereocenters. The number of carbonyl (C=O) groups is 3. The van der Waals surface area contributed by atoms with Crippen LogP contribution < -0.4 is 0 Å². The third-order valence-corrected chi connectivity index (χ3v) is 8.32. The highest BCUT2D eigenvalue weighted by atomic mass is 16.8. The van der Waals surface area contributed by atoms with E-state index in [2.05, 4.69) is 26.5 Å². The fourth-order valence-electron chi connectivity index (χ4n) is 6.15. The van der Waals surface area contributed by atoms with Gasteiger partial charge in [-0.25, -0.2) is 0 Å². The van der Waals surface area contributed by atoms with Gasteiger partial charge in [0, 0.05) is 19.4 Å². The van der Waals surface area contributed by atoms with Crippen LogP contribution in [0.15, 0.2) is 36.0 Å². The zero-order chi connectivity index (χ0) is 27.0. The van der Waals surface area contributed by atoms with E-state index in [9.17, 15) is 19.5 Å². The molecule has 1 saturated carbocycles. The summed E-state index contributed by atoms with van der Waals surface area (Å²) in [6.07, 6.45) is 3.22. The van der Waals surface area contributed by atoms with Gasteiger partial charge in [-0.2, -0.15) is 0 Å². The normalized spacial score (nSPS) is 37.9. The molecule has 1 N–H and O–H groups in total. The zero-order valence-corrected chi connectivity index (χ0v) is 22.4. The first kappa shape index (κ1) is 28.1. The van der Waals surface area contributed by atoms with E-state index in [-0.39, 0.29) is 23.7 Å². The molecule has 1 aliphatic heterocycles. The Labute approximate surface area is 213 Å². The molecule has 0 radical (unpaired) electrons. The number of hydrogen-bond donors (Lipinski definition) is 1. The lowest BCUT2D eigenvalue weighted by Gasteiger charge is -2.60. The molecular formula is C28H40O8. The summed E-state index contributed by atoms with van der Waals surface area (Å²) in [6.45, 7) is 16.1. The van der Waals surface area contributed by atoms with Crippen LogP contribution in [0.3, 0.4) is 0 Å². The van der Waals surface area contributed by atoms with E-state index in [0.29, 0.717) is 24.8 Å². The molecule has 8 heteroatoms. The Morgan fingerprint density at radius 2 is 1.81 bits per heavy atom. The maximum Gasteiger partial charge on any atom is 0.308 e. The Hall–Kier alpha value is -2.45. The molecule has 3 rings (SSSR count). The minimum atomic E-state index is -1.17. The Bertz CT molecular complexity index is 965. The highest BCUT2D eigenvalue weighted by molar-refractivity contribution is 5.72. The van der Waals surface area contributed by atoms with Crippen LogP contribution >= 0.6 is 0 Å². The standard InChI is InChI=1S/C28H40O8/c1-9-16(4)10-11-27(8)17(5)12-23(31)28-21(13-20(14-22(27)28)35-24(32)15(2)3)25(33-18(6)29)36-26(28)34-19(7)30/h9-10,13,15,17,20,22-23,25-26,31H,1,11-12,14H2,2-8H3/b16-10+/t17-,20+,22+,23+,25+,26-,27-,28-/m1/s1. The molecule has 36 heavy (non-hydrogen) atoms. The average Bonchev–Trinajstić information content (AvgIpc) is 3.07. The van der Waals surface area contributed by atoms with Crippen LogP contribution in [0.2, 0.25) is 0 Å². The van der Waals surface area contributed by atoms with Crippen LogP contribution in [-0.4, -0.2) is 47.8 Å². The number of allylic oxidation sites excluding steroid dienone is 3. The second-order valence-corrected chi connectivity index (χ2v) is 11.0. The van der Waals surface area contributed by atoms with Crippen molar-refractivity contribution in [3.05, 3.63) is 36.0 Å². The molecule has 8 nitrogen and oxygen atoms in total. The van der Waals surface area contributed by atoms with Gasteiger partial charge in [-0.05, 0) is 49.5 Å². The summed E-state index contributed by atoms with van der Waals surface area (Å²) in [5.41, 5.74) is -0.0611. The highest BCUT2D eigenvalue weighted by Gasteiger charge is 2.71. The molecule has 1 spiro atoms. The Kier molecular flexibility index (Phi) is 8.20. The lowest BCUT2D eigenvalue weighted by molar-refractivity contribution is -0.254. The second-order valence-electron chi connectivity index (χ2n) is 11.0. The minimum absolute atomic E-state index is 0.0727.